The number of aromatic nitrogens is 1. The van der Waals surface area contributed by atoms with Crippen LogP contribution in [0.2, 0.25) is 0 Å². The minimum atomic E-state index is -0.186. The van der Waals surface area contributed by atoms with E-state index in [0.29, 0.717) is 23.3 Å². The molecule has 1 amide bonds. The fourth-order valence-corrected chi connectivity index (χ4v) is 1.75. The Bertz CT molecular complexity index is 588. The molecule has 1 aromatic carbocycles. The zero-order valence-electron chi connectivity index (χ0n) is 12.3. The molecule has 2 rings (SSSR count). The van der Waals surface area contributed by atoms with E-state index in [0.717, 1.165) is 5.56 Å². The van der Waals surface area contributed by atoms with Crippen molar-refractivity contribution in [2.75, 3.05) is 0 Å². The fraction of sp³-hybridized carbons (Fsp3) is 0.375. The SMILES string of the molecule is Cc1oc(-c2ccccc2)nc1C(=O)NC(C)C(C)C. The van der Waals surface area contributed by atoms with E-state index >= 15 is 0 Å². The van der Waals surface area contributed by atoms with Gasteiger partial charge in [-0.25, -0.2) is 4.98 Å². The average Bonchev–Trinajstić information content (AvgIpc) is 2.81. The Morgan fingerprint density at radius 3 is 2.45 bits per heavy atom. The number of hydrogen-bond donors (Lipinski definition) is 1. The maximum atomic E-state index is 12.2. The molecule has 20 heavy (non-hydrogen) atoms. The highest BCUT2D eigenvalue weighted by molar-refractivity contribution is 5.93. The van der Waals surface area contributed by atoms with Crippen LogP contribution in [0.25, 0.3) is 11.5 Å². The Morgan fingerprint density at radius 2 is 1.85 bits per heavy atom. The molecule has 0 aliphatic rings. The summed E-state index contributed by atoms with van der Waals surface area (Å²) in [6.45, 7) is 7.87. The van der Waals surface area contributed by atoms with Crippen molar-refractivity contribution in [3.05, 3.63) is 41.8 Å². The van der Waals surface area contributed by atoms with E-state index in [9.17, 15) is 4.79 Å². The van der Waals surface area contributed by atoms with Gasteiger partial charge in [-0.1, -0.05) is 32.0 Å². The van der Waals surface area contributed by atoms with Gasteiger partial charge in [-0.05, 0) is 31.9 Å². The van der Waals surface area contributed by atoms with Crippen LogP contribution < -0.4 is 5.32 Å². The molecular formula is C16H20N2O2. The molecule has 0 saturated heterocycles. The van der Waals surface area contributed by atoms with Gasteiger partial charge < -0.3 is 9.73 Å². The van der Waals surface area contributed by atoms with Crippen molar-refractivity contribution in [1.29, 1.82) is 0 Å². The van der Waals surface area contributed by atoms with Gasteiger partial charge in [0.2, 0.25) is 5.89 Å². The summed E-state index contributed by atoms with van der Waals surface area (Å²) < 4.78 is 5.59. The normalized spacial score (nSPS) is 12.4. The lowest BCUT2D eigenvalue weighted by Crippen LogP contribution is -2.36. The van der Waals surface area contributed by atoms with Crippen LogP contribution >= 0.6 is 0 Å². The Morgan fingerprint density at radius 1 is 1.20 bits per heavy atom. The highest BCUT2D eigenvalue weighted by atomic mass is 16.4. The number of aryl methyl sites for hydroxylation is 1. The van der Waals surface area contributed by atoms with Gasteiger partial charge in [-0.15, -0.1) is 0 Å². The van der Waals surface area contributed by atoms with Gasteiger partial charge >= 0.3 is 0 Å². The summed E-state index contributed by atoms with van der Waals surface area (Å²) in [7, 11) is 0. The van der Waals surface area contributed by atoms with Crippen molar-refractivity contribution in [1.82, 2.24) is 10.3 Å². The summed E-state index contributed by atoms with van der Waals surface area (Å²) in [4.78, 5) is 16.5. The van der Waals surface area contributed by atoms with Gasteiger partial charge in [0, 0.05) is 11.6 Å². The third kappa shape index (κ3) is 3.07. The maximum absolute atomic E-state index is 12.2. The molecule has 1 heterocycles. The topological polar surface area (TPSA) is 55.1 Å². The molecule has 0 radical (unpaired) electrons. The molecule has 1 N–H and O–H groups in total. The van der Waals surface area contributed by atoms with Crippen molar-refractivity contribution in [2.24, 2.45) is 5.92 Å². The van der Waals surface area contributed by atoms with Crippen LogP contribution in [0.15, 0.2) is 34.7 Å². The van der Waals surface area contributed by atoms with Gasteiger partial charge in [-0.2, -0.15) is 0 Å². The lowest BCUT2D eigenvalue weighted by molar-refractivity contribution is 0.0924. The molecular weight excluding hydrogens is 252 g/mol. The molecule has 4 nitrogen and oxygen atoms in total. The van der Waals surface area contributed by atoms with Crippen LogP contribution in [0.1, 0.15) is 37.0 Å². The van der Waals surface area contributed by atoms with E-state index in [4.69, 9.17) is 4.42 Å². The number of carbonyl (C=O) groups excluding carboxylic acids is 1. The minimum Gasteiger partial charge on any atom is -0.441 e. The summed E-state index contributed by atoms with van der Waals surface area (Å²) in [5, 5.41) is 2.94. The molecule has 2 aromatic rings. The van der Waals surface area contributed by atoms with E-state index < -0.39 is 0 Å². The summed E-state index contributed by atoms with van der Waals surface area (Å²) in [5.74, 6) is 1.21. The number of hydrogen-bond acceptors (Lipinski definition) is 3. The van der Waals surface area contributed by atoms with Crippen molar-refractivity contribution < 1.29 is 9.21 Å². The first-order valence-electron chi connectivity index (χ1n) is 6.82. The van der Waals surface area contributed by atoms with Crippen LogP contribution in [-0.4, -0.2) is 16.9 Å². The van der Waals surface area contributed by atoms with Crippen LogP contribution in [0.3, 0.4) is 0 Å². The van der Waals surface area contributed by atoms with Crippen LogP contribution in [-0.2, 0) is 0 Å². The van der Waals surface area contributed by atoms with Crippen LogP contribution in [0, 0.1) is 12.8 Å². The second kappa shape index (κ2) is 5.90. The predicted molar refractivity (Wildman–Crippen MR) is 78.4 cm³/mol. The summed E-state index contributed by atoms with van der Waals surface area (Å²) >= 11 is 0. The van der Waals surface area contributed by atoms with Crippen molar-refractivity contribution in [2.45, 2.75) is 33.7 Å². The number of rotatable bonds is 4. The van der Waals surface area contributed by atoms with Crippen LogP contribution in [0.5, 0.6) is 0 Å². The predicted octanol–water partition coefficient (Wildman–Crippen LogP) is 3.42. The van der Waals surface area contributed by atoms with Crippen molar-refractivity contribution in [3.63, 3.8) is 0 Å². The smallest absolute Gasteiger partial charge is 0.273 e. The van der Waals surface area contributed by atoms with Gasteiger partial charge in [0.25, 0.3) is 5.91 Å². The second-order valence-corrected chi connectivity index (χ2v) is 5.30. The third-order valence-corrected chi connectivity index (χ3v) is 3.39. The molecule has 1 aromatic heterocycles. The minimum absolute atomic E-state index is 0.0961. The van der Waals surface area contributed by atoms with Crippen molar-refractivity contribution in [3.8, 4) is 11.5 Å². The zero-order chi connectivity index (χ0) is 14.7. The Hall–Kier alpha value is -2.10. The number of oxazole rings is 1. The number of carbonyl (C=O) groups is 1. The Kier molecular flexibility index (Phi) is 4.23. The quantitative estimate of drug-likeness (QED) is 0.927. The van der Waals surface area contributed by atoms with E-state index in [-0.39, 0.29) is 11.9 Å². The Balaban J connectivity index is 2.22. The molecule has 4 heteroatoms. The number of nitrogens with one attached hydrogen (secondary N) is 1. The summed E-state index contributed by atoms with van der Waals surface area (Å²) in [5.41, 5.74) is 1.22. The summed E-state index contributed by atoms with van der Waals surface area (Å²) in [6.07, 6.45) is 0. The van der Waals surface area contributed by atoms with Gasteiger partial charge in [0.05, 0.1) is 0 Å². The third-order valence-electron chi connectivity index (χ3n) is 3.39. The van der Waals surface area contributed by atoms with Gasteiger partial charge in [0.1, 0.15) is 5.76 Å². The highest BCUT2D eigenvalue weighted by Crippen LogP contribution is 2.21. The van der Waals surface area contributed by atoms with Crippen LogP contribution in [0.4, 0.5) is 0 Å². The van der Waals surface area contributed by atoms with E-state index in [1.807, 2.05) is 37.3 Å². The molecule has 0 spiro atoms. The Labute approximate surface area is 119 Å². The first kappa shape index (κ1) is 14.3. The van der Waals surface area contributed by atoms with Gasteiger partial charge in [0.15, 0.2) is 5.69 Å². The molecule has 0 bridgehead atoms. The lowest BCUT2D eigenvalue weighted by atomic mass is 10.1. The molecule has 0 fully saturated rings. The van der Waals surface area contributed by atoms with E-state index in [1.54, 1.807) is 6.92 Å². The maximum Gasteiger partial charge on any atom is 0.273 e. The molecule has 0 aliphatic carbocycles. The number of amides is 1. The van der Waals surface area contributed by atoms with E-state index in [2.05, 4.69) is 24.1 Å². The van der Waals surface area contributed by atoms with Gasteiger partial charge in [-0.3, -0.25) is 4.79 Å². The largest absolute Gasteiger partial charge is 0.441 e. The number of nitrogens with zero attached hydrogens (tertiary/aromatic N) is 1. The fourth-order valence-electron chi connectivity index (χ4n) is 1.75. The average molecular weight is 272 g/mol. The second-order valence-electron chi connectivity index (χ2n) is 5.30. The summed E-state index contributed by atoms with van der Waals surface area (Å²) in [6, 6.07) is 9.66. The van der Waals surface area contributed by atoms with E-state index in [1.165, 1.54) is 0 Å². The van der Waals surface area contributed by atoms with Crippen molar-refractivity contribution >= 4 is 5.91 Å². The zero-order valence-corrected chi connectivity index (χ0v) is 12.3. The first-order chi connectivity index (χ1) is 9.49. The molecule has 0 saturated carbocycles. The number of benzene rings is 1. The molecule has 0 aliphatic heterocycles. The highest BCUT2D eigenvalue weighted by Gasteiger charge is 2.20. The molecule has 1 unspecified atom stereocenters. The molecule has 1 atom stereocenters. The first-order valence-corrected chi connectivity index (χ1v) is 6.82. The lowest BCUT2D eigenvalue weighted by Gasteiger charge is -2.16. The monoisotopic (exact) mass is 272 g/mol. The standard InChI is InChI=1S/C16H20N2O2/c1-10(2)11(3)17-15(19)14-12(4)20-16(18-14)13-8-6-5-7-9-13/h5-11H,1-4H3,(H,17,19). The molecule has 106 valence electrons.